The number of para-hydroxylation sites is 1. The van der Waals surface area contributed by atoms with E-state index in [0.29, 0.717) is 34.9 Å². The Hall–Kier alpha value is -2.61. The van der Waals surface area contributed by atoms with E-state index >= 15 is 0 Å². The van der Waals surface area contributed by atoms with Gasteiger partial charge in [-0.25, -0.2) is 4.98 Å². The topological polar surface area (TPSA) is 83.9 Å². The molecule has 0 fully saturated rings. The number of nitrogens with one attached hydrogen (secondary N) is 1. The van der Waals surface area contributed by atoms with Crippen molar-refractivity contribution in [3.8, 4) is 0 Å². The molecule has 4 heterocycles. The lowest BCUT2D eigenvalue weighted by atomic mass is 10.1. The molecule has 1 unspecified atom stereocenters. The van der Waals surface area contributed by atoms with Gasteiger partial charge in [-0.1, -0.05) is 30.0 Å². The minimum atomic E-state index is -0.167. The second-order valence-corrected chi connectivity index (χ2v) is 7.28. The Balaban J connectivity index is 1.46. The molecule has 25 heavy (non-hydrogen) atoms. The Morgan fingerprint density at radius 1 is 1.36 bits per heavy atom. The maximum absolute atomic E-state index is 12.9. The summed E-state index contributed by atoms with van der Waals surface area (Å²) in [5.41, 5.74) is 2.58. The molecule has 0 radical (unpaired) electrons. The van der Waals surface area contributed by atoms with Crippen molar-refractivity contribution in [3.63, 3.8) is 0 Å². The van der Waals surface area contributed by atoms with Crippen LogP contribution in [-0.2, 0) is 11.2 Å². The van der Waals surface area contributed by atoms with Gasteiger partial charge >= 0.3 is 0 Å². The first-order valence-electron chi connectivity index (χ1n) is 8.19. The molecule has 5 rings (SSSR count). The second-order valence-electron chi connectivity index (χ2n) is 6.29. The third-order valence-electron chi connectivity index (χ3n) is 4.85. The van der Waals surface area contributed by atoms with Crippen LogP contribution in [0.4, 0.5) is 5.69 Å². The van der Waals surface area contributed by atoms with E-state index < -0.39 is 0 Å². The van der Waals surface area contributed by atoms with Crippen molar-refractivity contribution in [3.05, 3.63) is 46.4 Å². The highest BCUT2D eigenvalue weighted by Gasteiger charge is 2.32. The number of rotatable bonds is 2. The van der Waals surface area contributed by atoms with Crippen molar-refractivity contribution in [1.29, 1.82) is 0 Å². The van der Waals surface area contributed by atoms with E-state index in [1.165, 1.54) is 23.5 Å². The van der Waals surface area contributed by atoms with Gasteiger partial charge in [-0.2, -0.15) is 5.10 Å². The number of carbonyl (C=O) groups is 1. The van der Waals surface area contributed by atoms with Gasteiger partial charge in [-0.15, -0.1) is 0 Å². The molecule has 0 bridgehead atoms. The van der Waals surface area contributed by atoms with E-state index in [1.54, 1.807) is 4.57 Å². The van der Waals surface area contributed by atoms with Crippen LogP contribution in [0.15, 0.2) is 40.4 Å². The molecule has 0 saturated carbocycles. The highest BCUT2D eigenvalue weighted by Crippen LogP contribution is 2.35. The van der Waals surface area contributed by atoms with E-state index in [4.69, 9.17) is 0 Å². The third kappa shape index (κ3) is 2.21. The van der Waals surface area contributed by atoms with Gasteiger partial charge in [-0.05, 0) is 18.1 Å². The van der Waals surface area contributed by atoms with Crippen LogP contribution in [0.1, 0.15) is 18.0 Å². The fourth-order valence-corrected chi connectivity index (χ4v) is 4.75. The highest BCUT2D eigenvalue weighted by atomic mass is 32.2. The van der Waals surface area contributed by atoms with Crippen LogP contribution < -0.4 is 10.5 Å². The summed E-state index contributed by atoms with van der Waals surface area (Å²) in [4.78, 5) is 31.9. The number of fused-ring (bicyclic) bond motifs is 3. The van der Waals surface area contributed by atoms with E-state index in [-0.39, 0.29) is 17.5 Å². The summed E-state index contributed by atoms with van der Waals surface area (Å²) in [6.45, 7) is 0.707. The SMILES string of the molecule is O=C(CC1CSc2nc3[nH]ncc3c(=O)n21)N1CCc2ccccc21. The smallest absolute Gasteiger partial charge is 0.265 e. The van der Waals surface area contributed by atoms with Crippen LogP contribution in [0.3, 0.4) is 0 Å². The molecule has 0 aliphatic carbocycles. The summed E-state index contributed by atoms with van der Waals surface area (Å²) in [6.07, 6.45) is 2.69. The monoisotopic (exact) mass is 353 g/mol. The van der Waals surface area contributed by atoms with Crippen LogP contribution in [0.2, 0.25) is 0 Å². The first-order chi connectivity index (χ1) is 12.2. The zero-order chi connectivity index (χ0) is 17.0. The molecular weight excluding hydrogens is 338 g/mol. The summed E-state index contributed by atoms with van der Waals surface area (Å²) in [7, 11) is 0. The Morgan fingerprint density at radius 2 is 2.24 bits per heavy atom. The van der Waals surface area contributed by atoms with Crippen molar-refractivity contribution in [1.82, 2.24) is 19.7 Å². The predicted molar refractivity (Wildman–Crippen MR) is 95.0 cm³/mol. The number of aromatic amines is 1. The van der Waals surface area contributed by atoms with Crippen molar-refractivity contribution in [2.24, 2.45) is 0 Å². The summed E-state index contributed by atoms with van der Waals surface area (Å²) in [6, 6.07) is 7.83. The molecule has 1 atom stereocenters. The van der Waals surface area contributed by atoms with E-state index in [2.05, 4.69) is 21.2 Å². The number of carbonyl (C=O) groups excluding carboxylic acids is 1. The number of nitrogens with zero attached hydrogens (tertiary/aromatic N) is 4. The standard InChI is InChI=1S/C17H15N5O2S/c23-14(21-6-5-10-3-1-2-4-13(10)21)7-11-9-25-17-19-15-12(8-18-20-15)16(24)22(11)17/h1-4,8,11H,5-7,9H2,(H,18,20). The molecular formula is C17H15N5O2S. The molecule has 1 N–H and O–H groups in total. The van der Waals surface area contributed by atoms with Crippen molar-refractivity contribution in [2.45, 2.75) is 24.0 Å². The number of amides is 1. The van der Waals surface area contributed by atoms with E-state index in [0.717, 1.165) is 12.1 Å². The first-order valence-corrected chi connectivity index (χ1v) is 9.17. The molecule has 0 saturated heterocycles. The summed E-state index contributed by atoms with van der Waals surface area (Å²) >= 11 is 1.51. The number of thioether (sulfide) groups is 1. The van der Waals surface area contributed by atoms with Gasteiger partial charge in [0, 0.05) is 24.4 Å². The first kappa shape index (κ1) is 14.7. The van der Waals surface area contributed by atoms with Gasteiger partial charge in [0.25, 0.3) is 5.56 Å². The molecule has 2 aromatic heterocycles. The Kier molecular flexibility index (Phi) is 3.21. The maximum atomic E-state index is 12.9. The lowest BCUT2D eigenvalue weighted by molar-refractivity contribution is -0.119. The van der Waals surface area contributed by atoms with Gasteiger partial charge < -0.3 is 4.90 Å². The van der Waals surface area contributed by atoms with Crippen LogP contribution >= 0.6 is 11.8 Å². The summed E-state index contributed by atoms with van der Waals surface area (Å²) in [5.74, 6) is 0.742. The van der Waals surface area contributed by atoms with Crippen LogP contribution in [0, 0.1) is 0 Å². The number of anilines is 1. The molecule has 3 aromatic rings. The Labute approximate surface area is 147 Å². The fourth-order valence-electron chi connectivity index (χ4n) is 3.62. The lowest BCUT2D eigenvalue weighted by Gasteiger charge is -2.20. The van der Waals surface area contributed by atoms with Crippen LogP contribution in [0.25, 0.3) is 11.0 Å². The molecule has 7 nitrogen and oxygen atoms in total. The normalized spacial score (nSPS) is 18.6. The summed E-state index contributed by atoms with van der Waals surface area (Å²) in [5, 5.41) is 7.75. The predicted octanol–water partition coefficient (Wildman–Crippen LogP) is 1.75. The van der Waals surface area contributed by atoms with Gasteiger partial charge in [0.2, 0.25) is 5.91 Å². The van der Waals surface area contributed by atoms with Gasteiger partial charge in [0.05, 0.1) is 12.2 Å². The average Bonchev–Trinajstić information content (AvgIpc) is 3.33. The summed E-state index contributed by atoms with van der Waals surface area (Å²) < 4.78 is 1.66. The molecule has 8 heteroatoms. The molecule has 0 spiro atoms. The number of hydrogen-bond acceptors (Lipinski definition) is 5. The third-order valence-corrected chi connectivity index (χ3v) is 5.95. The van der Waals surface area contributed by atoms with Crippen LogP contribution in [-0.4, -0.2) is 38.0 Å². The number of aromatic nitrogens is 4. The largest absolute Gasteiger partial charge is 0.312 e. The molecule has 1 amide bonds. The van der Waals surface area contributed by atoms with Gasteiger partial charge in [0.1, 0.15) is 5.39 Å². The van der Waals surface area contributed by atoms with E-state index in [1.807, 2.05) is 23.1 Å². The molecule has 126 valence electrons. The Bertz CT molecular complexity index is 1060. The van der Waals surface area contributed by atoms with Gasteiger partial charge in [0.15, 0.2) is 10.8 Å². The Morgan fingerprint density at radius 3 is 3.16 bits per heavy atom. The minimum absolute atomic E-state index is 0.0580. The average molecular weight is 353 g/mol. The fraction of sp³-hybridized carbons (Fsp3) is 0.294. The second kappa shape index (κ2) is 5.45. The van der Waals surface area contributed by atoms with Crippen LogP contribution in [0.5, 0.6) is 0 Å². The van der Waals surface area contributed by atoms with Crippen molar-refractivity contribution in [2.75, 3.05) is 17.2 Å². The number of benzene rings is 1. The number of hydrogen-bond donors (Lipinski definition) is 1. The molecule has 2 aliphatic rings. The maximum Gasteiger partial charge on any atom is 0.265 e. The van der Waals surface area contributed by atoms with Crippen molar-refractivity contribution >= 4 is 34.4 Å². The zero-order valence-electron chi connectivity index (χ0n) is 13.3. The molecule has 1 aromatic carbocycles. The quantitative estimate of drug-likeness (QED) is 0.710. The highest BCUT2D eigenvalue weighted by molar-refractivity contribution is 7.99. The molecule has 2 aliphatic heterocycles. The number of H-pyrrole nitrogens is 1. The lowest BCUT2D eigenvalue weighted by Crippen LogP contribution is -2.33. The minimum Gasteiger partial charge on any atom is -0.312 e. The zero-order valence-corrected chi connectivity index (χ0v) is 14.1. The van der Waals surface area contributed by atoms with E-state index in [9.17, 15) is 9.59 Å². The van der Waals surface area contributed by atoms with Crippen molar-refractivity contribution < 1.29 is 4.79 Å². The van der Waals surface area contributed by atoms with Gasteiger partial charge in [-0.3, -0.25) is 19.3 Å².